The van der Waals surface area contributed by atoms with Gasteiger partial charge in [0.15, 0.2) is 5.96 Å². The zero-order chi connectivity index (χ0) is 13.4. The Balaban J connectivity index is 2.38. The lowest BCUT2D eigenvalue weighted by atomic mass is 10.0. The molecule has 1 unspecified atom stereocenters. The fourth-order valence-corrected chi connectivity index (χ4v) is 2.54. The fraction of sp³-hybridized carbons (Fsp3) is 0.929. The van der Waals surface area contributed by atoms with E-state index >= 15 is 0 Å². The van der Waals surface area contributed by atoms with Crippen LogP contribution < -0.4 is 5.32 Å². The van der Waals surface area contributed by atoms with E-state index in [2.05, 4.69) is 29.1 Å². The number of hydrogen-bond acceptors (Lipinski definition) is 2. The Labute approximate surface area is 112 Å². The van der Waals surface area contributed by atoms with E-state index in [0.717, 1.165) is 38.1 Å². The van der Waals surface area contributed by atoms with Crippen LogP contribution in [0.15, 0.2) is 4.99 Å². The van der Waals surface area contributed by atoms with Crippen molar-refractivity contribution in [3.05, 3.63) is 0 Å². The van der Waals surface area contributed by atoms with Crippen LogP contribution in [0.3, 0.4) is 0 Å². The van der Waals surface area contributed by atoms with Gasteiger partial charge in [0.2, 0.25) is 0 Å². The maximum absolute atomic E-state index is 5.23. The highest BCUT2D eigenvalue weighted by atomic mass is 16.5. The largest absolute Gasteiger partial charge is 0.384 e. The van der Waals surface area contributed by atoms with E-state index in [4.69, 9.17) is 4.74 Å². The molecule has 106 valence electrons. The molecule has 18 heavy (non-hydrogen) atoms. The number of nitrogens with zero attached hydrogens (tertiary/aromatic N) is 2. The Bertz CT molecular complexity index is 251. The van der Waals surface area contributed by atoms with Crippen molar-refractivity contribution in [2.75, 3.05) is 40.4 Å². The smallest absolute Gasteiger partial charge is 0.193 e. The summed E-state index contributed by atoms with van der Waals surface area (Å²) in [5.74, 6) is 2.46. The minimum atomic E-state index is 0.654. The van der Waals surface area contributed by atoms with Crippen molar-refractivity contribution in [1.82, 2.24) is 10.2 Å². The molecular weight excluding hydrogens is 226 g/mol. The third kappa shape index (κ3) is 4.48. The van der Waals surface area contributed by atoms with Gasteiger partial charge in [0, 0.05) is 39.7 Å². The van der Waals surface area contributed by atoms with Gasteiger partial charge >= 0.3 is 0 Å². The maximum Gasteiger partial charge on any atom is 0.193 e. The second kappa shape index (κ2) is 8.35. The molecule has 0 bridgehead atoms. The zero-order valence-corrected chi connectivity index (χ0v) is 12.4. The molecule has 0 aromatic rings. The van der Waals surface area contributed by atoms with Crippen LogP contribution in [0, 0.1) is 11.8 Å². The Morgan fingerprint density at radius 1 is 1.44 bits per heavy atom. The van der Waals surface area contributed by atoms with Gasteiger partial charge in [-0.15, -0.1) is 0 Å². The summed E-state index contributed by atoms with van der Waals surface area (Å²) in [6, 6.07) is 0. The highest BCUT2D eigenvalue weighted by Gasteiger charge is 2.24. The summed E-state index contributed by atoms with van der Waals surface area (Å²) in [6.45, 7) is 8.56. The number of nitrogens with one attached hydrogen (secondary N) is 1. The van der Waals surface area contributed by atoms with Gasteiger partial charge in [0.1, 0.15) is 0 Å². The Morgan fingerprint density at radius 3 is 2.72 bits per heavy atom. The van der Waals surface area contributed by atoms with Crippen molar-refractivity contribution >= 4 is 5.96 Å². The molecule has 1 heterocycles. The number of guanidine groups is 1. The van der Waals surface area contributed by atoms with Crippen molar-refractivity contribution in [3.8, 4) is 0 Å². The van der Waals surface area contributed by atoms with Crippen LogP contribution in [-0.4, -0.2) is 51.3 Å². The molecule has 1 rings (SSSR count). The van der Waals surface area contributed by atoms with Crippen LogP contribution in [-0.2, 0) is 4.74 Å². The number of aliphatic imine (C=N–C) groups is 1. The minimum absolute atomic E-state index is 0.654. The van der Waals surface area contributed by atoms with E-state index in [1.807, 2.05) is 7.05 Å². The maximum atomic E-state index is 5.23. The summed E-state index contributed by atoms with van der Waals surface area (Å²) >= 11 is 0. The minimum Gasteiger partial charge on any atom is -0.384 e. The van der Waals surface area contributed by atoms with Crippen molar-refractivity contribution in [2.45, 2.75) is 33.1 Å². The molecule has 1 aliphatic heterocycles. The normalized spacial score (nSPS) is 20.8. The SMILES string of the molecule is CCC(CC)CNC(=NC)N1CCC(COC)C1. The molecule has 1 aliphatic rings. The molecule has 4 nitrogen and oxygen atoms in total. The molecule has 0 aromatic carbocycles. The summed E-state index contributed by atoms with van der Waals surface area (Å²) in [5.41, 5.74) is 0. The van der Waals surface area contributed by atoms with Crippen LogP contribution in [0.4, 0.5) is 0 Å². The van der Waals surface area contributed by atoms with E-state index in [1.54, 1.807) is 7.11 Å². The van der Waals surface area contributed by atoms with Crippen LogP contribution in [0.1, 0.15) is 33.1 Å². The summed E-state index contributed by atoms with van der Waals surface area (Å²) in [6.07, 6.45) is 3.67. The van der Waals surface area contributed by atoms with Crippen LogP contribution in [0.5, 0.6) is 0 Å². The number of methoxy groups -OCH3 is 1. The monoisotopic (exact) mass is 255 g/mol. The van der Waals surface area contributed by atoms with Gasteiger partial charge < -0.3 is 15.0 Å². The average Bonchev–Trinajstić information content (AvgIpc) is 2.84. The molecule has 0 amide bonds. The Morgan fingerprint density at radius 2 is 2.17 bits per heavy atom. The quantitative estimate of drug-likeness (QED) is 0.582. The molecule has 0 radical (unpaired) electrons. The lowest BCUT2D eigenvalue weighted by Crippen LogP contribution is -2.42. The number of likely N-dealkylation sites (tertiary alicyclic amines) is 1. The molecule has 1 atom stereocenters. The summed E-state index contributed by atoms with van der Waals surface area (Å²) in [5, 5.41) is 3.51. The molecule has 4 heteroatoms. The second-order valence-electron chi connectivity index (χ2n) is 5.17. The van der Waals surface area contributed by atoms with Gasteiger partial charge in [0.05, 0.1) is 6.61 Å². The van der Waals surface area contributed by atoms with Gasteiger partial charge in [-0.05, 0) is 12.3 Å². The highest BCUT2D eigenvalue weighted by Crippen LogP contribution is 2.16. The van der Waals surface area contributed by atoms with Gasteiger partial charge in [-0.2, -0.15) is 0 Å². The number of hydrogen-bond donors (Lipinski definition) is 1. The zero-order valence-electron chi connectivity index (χ0n) is 12.4. The van der Waals surface area contributed by atoms with E-state index in [1.165, 1.54) is 19.3 Å². The fourth-order valence-electron chi connectivity index (χ4n) is 2.54. The van der Waals surface area contributed by atoms with Crippen molar-refractivity contribution in [1.29, 1.82) is 0 Å². The molecule has 1 saturated heterocycles. The summed E-state index contributed by atoms with van der Waals surface area (Å²) in [7, 11) is 3.65. The van der Waals surface area contributed by atoms with Gasteiger partial charge in [-0.3, -0.25) is 4.99 Å². The van der Waals surface area contributed by atoms with E-state index < -0.39 is 0 Å². The first kappa shape index (κ1) is 15.3. The third-order valence-electron chi connectivity index (χ3n) is 3.90. The van der Waals surface area contributed by atoms with Crippen LogP contribution in [0.2, 0.25) is 0 Å². The standard InChI is InChI=1S/C14H29N3O/c1-5-12(6-2)9-16-14(15-3)17-8-7-13(10-17)11-18-4/h12-13H,5-11H2,1-4H3,(H,15,16). The molecular formula is C14H29N3O. The number of ether oxygens (including phenoxy) is 1. The van der Waals surface area contributed by atoms with Crippen molar-refractivity contribution < 1.29 is 4.74 Å². The molecule has 0 saturated carbocycles. The molecule has 1 fully saturated rings. The lowest BCUT2D eigenvalue weighted by molar-refractivity contribution is 0.157. The van der Waals surface area contributed by atoms with E-state index in [0.29, 0.717) is 5.92 Å². The molecule has 1 N–H and O–H groups in total. The number of rotatable bonds is 6. The Hall–Kier alpha value is -0.770. The lowest BCUT2D eigenvalue weighted by Gasteiger charge is -2.23. The van der Waals surface area contributed by atoms with Crippen molar-refractivity contribution in [2.24, 2.45) is 16.8 Å². The van der Waals surface area contributed by atoms with Gasteiger partial charge in [0.25, 0.3) is 0 Å². The average molecular weight is 255 g/mol. The first-order chi connectivity index (χ1) is 8.74. The van der Waals surface area contributed by atoms with Gasteiger partial charge in [-0.1, -0.05) is 26.7 Å². The second-order valence-corrected chi connectivity index (χ2v) is 5.17. The Kier molecular flexibility index (Phi) is 7.09. The molecule has 0 aliphatic carbocycles. The topological polar surface area (TPSA) is 36.9 Å². The van der Waals surface area contributed by atoms with Crippen LogP contribution in [0.25, 0.3) is 0 Å². The first-order valence-corrected chi connectivity index (χ1v) is 7.19. The highest BCUT2D eigenvalue weighted by molar-refractivity contribution is 5.80. The third-order valence-corrected chi connectivity index (χ3v) is 3.90. The van der Waals surface area contributed by atoms with Crippen LogP contribution >= 0.6 is 0 Å². The van der Waals surface area contributed by atoms with E-state index in [9.17, 15) is 0 Å². The summed E-state index contributed by atoms with van der Waals surface area (Å²) < 4.78 is 5.23. The first-order valence-electron chi connectivity index (χ1n) is 7.19. The predicted molar refractivity (Wildman–Crippen MR) is 77.0 cm³/mol. The van der Waals surface area contributed by atoms with Gasteiger partial charge in [-0.25, -0.2) is 0 Å². The van der Waals surface area contributed by atoms with Crippen molar-refractivity contribution in [3.63, 3.8) is 0 Å². The predicted octanol–water partition coefficient (Wildman–Crippen LogP) is 1.97. The molecule has 0 spiro atoms. The molecule has 0 aromatic heterocycles. The van der Waals surface area contributed by atoms with E-state index in [-0.39, 0.29) is 0 Å². The summed E-state index contributed by atoms with van der Waals surface area (Å²) in [4.78, 5) is 6.75.